The number of hydrogen-bond acceptors (Lipinski definition) is 8. The minimum absolute atomic E-state index is 0.352. The van der Waals surface area contributed by atoms with Crippen LogP contribution in [-0.4, -0.2) is 68.2 Å². The van der Waals surface area contributed by atoms with Crippen molar-refractivity contribution in [2.75, 3.05) is 43.5 Å². The van der Waals surface area contributed by atoms with E-state index in [1.54, 1.807) is 6.20 Å². The maximum Gasteiger partial charge on any atom is 0.163 e. The van der Waals surface area contributed by atoms with Crippen LogP contribution in [0, 0.1) is 0 Å². The summed E-state index contributed by atoms with van der Waals surface area (Å²) in [4.78, 5) is 16.7. The molecule has 10 heteroatoms. The molecule has 4 aromatic rings. The van der Waals surface area contributed by atoms with E-state index in [9.17, 15) is 0 Å². The van der Waals surface area contributed by atoms with E-state index in [1.165, 1.54) is 5.69 Å². The quantitative estimate of drug-likeness (QED) is 0.465. The normalized spacial score (nSPS) is 19.5. The van der Waals surface area contributed by atoms with Crippen LogP contribution in [0.1, 0.15) is 25.8 Å². The Balaban J connectivity index is 1.38. The Bertz CT molecular complexity index is 1350. The predicted octanol–water partition coefficient (Wildman–Crippen LogP) is 2.63. The number of hydrogen-bond donors (Lipinski definition) is 2. The first kappa shape index (κ1) is 22.0. The Kier molecular flexibility index (Phi) is 5.62. The fourth-order valence-corrected chi connectivity index (χ4v) is 5.19. The summed E-state index contributed by atoms with van der Waals surface area (Å²) in [6, 6.07) is 7.06. The summed E-state index contributed by atoms with van der Waals surface area (Å²) >= 11 is 0. The van der Waals surface area contributed by atoms with E-state index < -0.39 is 0 Å². The Hall–Kier alpha value is -3.50. The molecule has 3 aromatic heterocycles. The molecule has 0 spiro atoms. The number of fused-ring (bicyclic) bond motifs is 1. The molecule has 3 N–H and O–H groups in total. The first-order valence-electron chi connectivity index (χ1n) is 12.3. The number of piperazine rings is 1. The number of anilines is 2. The number of nitrogens with two attached hydrogens (primary N) is 1. The zero-order valence-electron chi connectivity index (χ0n) is 20.2. The van der Waals surface area contributed by atoms with Crippen molar-refractivity contribution >= 4 is 22.5 Å². The number of aryl methyl sites for hydroxylation is 1. The van der Waals surface area contributed by atoms with E-state index in [-0.39, 0.29) is 0 Å². The van der Waals surface area contributed by atoms with Gasteiger partial charge in [0.15, 0.2) is 11.6 Å². The van der Waals surface area contributed by atoms with Gasteiger partial charge in [0.25, 0.3) is 0 Å². The Labute approximate surface area is 204 Å². The standard InChI is InChI=1S/C25H31N9O/c1-16-14-33(9-8-27-16)21-5-3-4-19-23(21)32(2)25(31-19)22-24(26)28-13-20(30-22)17-12-29-34(15-17)18-6-10-35-11-7-18/h3-5,12-13,15-16,18,27H,6-11,14H2,1-2H3,(H2,26,28)/t16-/m0/s1. The molecular weight excluding hydrogens is 442 g/mol. The molecule has 0 amide bonds. The molecule has 0 bridgehead atoms. The van der Waals surface area contributed by atoms with Gasteiger partial charge in [-0.3, -0.25) is 4.68 Å². The second-order valence-corrected chi connectivity index (χ2v) is 9.48. The van der Waals surface area contributed by atoms with Crippen LogP contribution in [0.25, 0.3) is 33.8 Å². The van der Waals surface area contributed by atoms with Gasteiger partial charge in [0.05, 0.1) is 40.9 Å². The highest BCUT2D eigenvalue weighted by Crippen LogP contribution is 2.33. The van der Waals surface area contributed by atoms with Gasteiger partial charge >= 0.3 is 0 Å². The van der Waals surface area contributed by atoms with Crippen molar-refractivity contribution < 1.29 is 4.74 Å². The minimum atomic E-state index is 0.352. The first-order chi connectivity index (χ1) is 17.1. The van der Waals surface area contributed by atoms with Crippen LogP contribution in [0.2, 0.25) is 0 Å². The third-order valence-electron chi connectivity index (χ3n) is 7.06. The van der Waals surface area contributed by atoms with Crippen LogP contribution in [0.5, 0.6) is 0 Å². The van der Waals surface area contributed by atoms with Crippen LogP contribution in [0.4, 0.5) is 11.5 Å². The summed E-state index contributed by atoms with van der Waals surface area (Å²) in [5.41, 5.74) is 11.7. The largest absolute Gasteiger partial charge is 0.382 e. The van der Waals surface area contributed by atoms with Crippen molar-refractivity contribution in [3.05, 3.63) is 36.8 Å². The Morgan fingerprint density at radius 1 is 1.14 bits per heavy atom. The number of nitrogens with one attached hydrogen (secondary N) is 1. The van der Waals surface area contributed by atoms with E-state index in [0.29, 0.717) is 29.4 Å². The van der Waals surface area contributed by atoms with Gasteiger partial charge in [0, 0.05) is 57.7 Å². The second kappa shape index (κ2) is 8.94. The molecule has 0 radical (unpaired) electrons. The SMILES string of the molecule is C[C@H]1CN(c2cccc3nc(-c4nc(-c5cnn(C6CCOCC6)c5)cnc4N)n(C)c23)CCN1. The van der Waals surface area contributed by atoms with Crippen molar-refractivity contribution in [2.45, 2.75) is 31.8 Å². The number of imidazole rings is 1. The lowest BCUT2D eigenvalue weighted by Crippen LogP contribution is -2.49. The maximum absolute atomic E-state index is 6.33. The van der Waals surface area contributed by atoms with Crippen LogP contribution in [0.3, 0.4) is 0 Å². The van der Waals surface area contributed by atoms with Gasteiger partial charge in [0.1, 0.15) is 5.69 Å². The summed E-state index contributed by atoms with van der Waals surface area (Å²) in [5.74, 6) is 1.07. The van der Waals surface area contributed by atoms with Gasteiger partial charge < -0.3 is 25.3 Å². The first-order valence-corrected chi connectivity index (χ1v) is 12.3. The van der Waals surface area contributed by atoms with Gasteiger partial charge in [-0.2, -0.15) is 5.10 Å². The number of para-hydroxylation sites is 1. The van der Waals surface area contributed by atoms with Gasteiger partial charge in [-0.25, -0.2) is 15.0 Å². The highest BCUT2D eigenvalue weighted by Gasteiger charge is 2.23. The fourth-order valence-electron chi connectivity index (χ4n) is 5.19. The second-order valence-electron chi connectivity index (χ2n) is 9.48. The number of nitrogens with zero attached hydrogens (tertiary/aromatic N) is 7. The molecule has 0 aliphatic carbocycles. The molecule has 0 unspecified atom stereocenters. The van der Waals surface area contributed by atoms with E-state index in [1.807, 2.05) is 30.2 Å². The molecule has 2 fully saturated rings. The molecule has 1 aromatic carbocycles. The topological polar surface area (TPSA) is 112 Å². The molecule has 2 saturated heterocycles. The molecule has 2 aliphatic rings. The lowest BCUT2D eigenvalue weighted by atomic mass is 10.1. The van der Waals surface area contributed by atoms with E-state index in [4.69, 9.17) is 20.4 Å². The van der Waals surface area contributed by atoms with Crippen LogP contribution < -0.4 is 16.0 Å². The lowest BCUT2D eigenvalue weighted by molar-refractivity contribution is 0.0662. The molecule has 35 heavy (non-hydrogen) atoms. The molecule has 6 rings (SSSR count). The molecule has 10 nitrogen and oxygen atoms in total. The summed E-state index contributed by atoms with van der Waals surface area (Å²) in [7, 11) is 2.02. The van der Waals surface area contributed by atoms with Gasteiger partial charge in [-0.15, -0.1) is 0 Å². The van der Waals surface area contributed by atoms with Gasteiger partial charge in [-0.1, -0.05) is 6.07 Å². The molecule has 0 saturated carbocycles. The van der Waals surface area contributed by atoms with Gasteiger partial charge in [-0.05, 0) is 31.9 Å². The number of nitrogen functional groups attached to an aromatic ring is 1. The Morgan fingerprint density at radius 3 is 2.83 bits per heavy atom. The number of ether oxygens (including phenoxy) is 1. The van der Waals surface area contributed by atoms with Crippen LogP contribution in [-0.2, 0) is 11.8 Å². The van der Waals surface area contributed by atoms with E-state index in [2.05, 4.69) is 43.9 Å². The molecule has 1 atom stereocenters. The summed E-state index contributed by atoms with van der Waals surface area (Å²) in [6.45, 7) is 6.63. The average molecular weight is 474 g/mol. The number of benzene rings is 1. The van der Waals surface area contributed by atoms with Crippen LogP contribution in [0.15, 0.2) is 36.8 Å². The van der Waals surface area contributed by atoms with E-state index >= 15 is 0 Å². The monoisotopic (exact) mass is 473 g/mol. The van der Waals surface area contributed by atoms with Crippen molar-refractivity contribution in [3.8, 4) is 22.8 Å². The predicted molar refractivity (Wildman–Crippen MR) is 136 cm³/mol. The van der Waals surface area contributed by atoms with E-state index in [0.717, 1.165) is 68.0 Å². The summed E-state index contributed by atoms with van der Waals surface area (Å²) in [5, 5.41) is 8.11. The van der Waals surface area contributed by atoms with Crippen LogP contribution >= 0.6 is 0 Å². The summed E-state index contributed by atoms with van der Waals surface area (Å²) < 4.78 is 9.60. The Morgan fingerprint density at radius 2 is 2.00 bits per heavy atom. The molecule has 2 aliphatic heterocycles. The van der Waals surface area contributed by atoms with Crippen molar-refractivity contribution in [2.24, 2.45) is 7.05 Å². The molecule has 182 valence electrons. The third-order valence-corrected chi connectivity index (χ3v) is 7.06. The third kappa shape index (κ3) is 4.02. The molecule has 5 heterocycles. The van der Waals surface area contributed by atoms with Gasteiger partial charge in [0.2, 0.25) is 0 Å². The highest BCUT2D eigenvalue weighted by atomic mass is 16.5. The zero-order valence-corrected chi connectivity index (χ0v) is 20.2. The minimum Gasteiger partial charge on any atom is -0.382 e. The van der Waals surface area contributed by atoms with Crippen molar-refractivity contribution in [1.82, 2.24) is 34.6 Å². The lowest BCUT2D eigenvalue weighted by Gasteiger charge is -2.34. The fraction of sp³-hybridized carbons (Fsp3) is 0.440. The smallest absolute Gasteiger partial charge is 0.163 e. The number of rotatable bonds is 4. The van der Waals surface area contributed by atoms with Crippen molar-refractivity contribution in [1.29, 1.82) is 0 Å². The average Bonchev–Trinajstić information content (AvgIpc) is 3.50. The zero-order chi connectivity index (χ0) is 23.9. The summed E-state index contributed by atoms with van der Waals surface area (Å²) in [6.07, 6.45) is 7.53. The number of aromatic nitrogens is 6. The highest BCUT2D eigenvalue weighted by molar-refractivity contribution is 5.92. The van der Waals surface area contributed by atoms with Crippen molar-refractivity contribution in [3.63, 3.8) is 0 Å². The maximum atomic E-state index is 6.33. The molecular formula is C25H31N9O.